The molecule has 0 bridgehead atoms. The molecule has 0 saturated heterocycles. The zero-order valence-corrected chi connectivity index (χ0v) is 10.6. The van der Waals surface area contributed by atoms with E-state index in [1.807, 2.05) is 27.2 Å². The van der Waals surface area contributed by atoms with Gasteiger partial charge in [0, 0.05) is 25.8 Å². The van der Waals surface area contributed by atoms with Crippen molar-refractivity contribution in [2.75, 3.05) is 34.2 Å². The van der Waals surface area contributed by atoms with Gasteiger partial charge < -0.3 is 14.9 Å². The van der Waals surface area contributed by atoms with Gasteiger partial charge in [-0.3, -0.25) is 0 Å². The van der Waals surface area contributed by atoms with E-state index in [0.717, 1.165) is 18.7 Å². The maximum absolute atomic E-state index is 11.0. The molecule has 1 N–H and O–H groups in total. The van der Waals surface area contributed by atoms with Gasteiger partial charge in [0.05, 0.1) is 0 Å². The summed E-state index contributed by atoms with van der Waals surface area (Å²) in [5.74, 6) is -0.971. The minimum atomic E-state index is -0.971. The van der Waals surface area contributed by atoms with Gasteiger partial charge in [-0.15, -0.1) is 0 Å². The first-order chi connectivity index (χ1) is 8.00. The fourth-order valence-corrected chi connectivity index (χ4v) is 1.50. The van der Waals surface area contributed by atoms with Crippen LogP contribution < -0.4 is 0 Å². The molecule has 94 valence electrons. The third-order valence-electron chi connectivity index (χ3n) is 2.46. The molecule has 5 nitrogen and oxygen atoms in total. The van der Waals surface area contributed by atoms with Crippen LogP contribution in [0.5, 0.6) is 0 Å². The maximum Gasteiger partial charge on any atom is 0.354 e. The average Bonchev–Trinajstić information content (AvgIpc) is 2.27. The predicted molar refractivity (Wildman–Crippen MR) is 66.1 cm³/mol. The normalized spacial score (nSPS) is 11.1. The van der Waals surface area contributed by atoms with Gasteiger partial charge in [0.25, 0.3) is 0 Å². The maximum atomic E-state index is 11.0. The van der Waals surface area contributed by atoms with Crippen LogP contribution >= 0.6 is 0 Å². The molecule has 17 heavy (non-hydrogen) atoms. The summed E-state index contributed by atoms with van der Waals surface area (Å²) in [6.45, 7) is 2.43. The molecule has 1 rings (SSSR count). The summed E-state index contributed by atoms with van der Waals surface area (Å²) in [7, 11) is 6.00. The van der Waals surface area contributed by atoms with E-state index in [2.05, 4.69) is 14.8 Å². The van der Waals surface area contributed by atoms with Crippen LogP contribution in [0, 0.1) is 0 Å². The smallest absolute Gasteiger partial charge is 0.354 e. The first kappa shape index (κ1) is 13.6. The van der Waals surface area contributed by atoms with Gasteiger partial charge >= 0.3 is 5.97 Å². The van der Waals surface area contributed by atoms with Crippen molar-refractivity contribution < 1.29 is 9.90 Å². The lowest BCUT2D eigenvalue weighted by molar-refractivity contribution is 0.0688. The highest BCUT2D eigenvalue weighted by Crippen LogP contribution is 2.08. The first-order valence-corrected chi connectivity index (χ1v) is 5.51. The number of pyridine rings is 1. The number of carboxylic acid groups (broad SMARTS) is 1. The lowest BCUT2D eigenvalue weighted by Gasteiger charge is -2.19. The third kappa shape index (κ3) is 4.50. The summed E-state index contributed by atoms with van der Waals surface area (Å²) in [5.41, 5.74) is 0.894. The standard InChI is InChI=1S/C12H19N3O2/c1-14(2)7-8-15(3)9-10-5-4-6-13-11(10)12(16)17/h4-6H,7-9H2,1-3H3,(H,16,17). The van der Waals surface area contributed by atoms with E-state index in [0.29, 0.717) is 6.54 Å². The van der Waals surface area contributed by atoms with Crippen molar-refractivity contribution in [3.63, 3.8) is 0 Å². The van der Waals surface area contributed by atoms with E-state index in [1.54, 1.807) is 6.07 Å². The van der Waals surface area contributed by atoms with Crippen LogP contribution in [0.3, 0.4) is 0 Å². The summed E-state index contributed by atoms with van der Waals surface area (Å²) in [5, 5.41) is 9.01. The van der Waals surface area contributed by atoms with E-state index >= 15 is 0 Å². The summed E-state index contributed by atoms with van der Waals surface area (Å²) in [4.78, 5) is 19.1. The van der Waals surface area contributed by atoms with E-state index in [9.17, 15) is 4.79 Å². The molecule has 1 heterocycles. The Labute approximate surface area is 102 Å². The minimum absolute atomic E-state index is 0.143. The van der Waals surface area contributed by atoms with Crippen LogP contribution in [-0.4, -0.2) is 60.1 Å². The number of hydrogen-bond donors (Lipinski definition) is 1. The lowest BCUT2D eigenvalue weighted by Crippen LogP contribution is -2.29. The fraction of sp³-hybridized carbons (Fsp3) is 0.500. The van der Waals surface area contributed by atoms with Gasteiger partial charge in [-0.2, -0.15) is 0 Å². The van der Waals surface area contributed by atoms with Crippen molar-refractivity contribution in [2.45, 2.75) is 6.54 Å². The molecule has 1 aromatic rings. The molecule has 0 spiro atoms. The zero-order chi connectivity index (χ0) is 12.8. The fourth-order valence-electron chi connectivity index (χ4n) is 1.50. The number of likely N-dealkylation sites (N-methyl/N-ethyl adjacent to an activating group) is 2. The zero-order valence-electron chi connectivity index (χ0n) is 10.6. The molecule has 0 radical (unpaired) electrons. The topological polar surface area (TPSA) is 56.7 Å². The Kier molecular flexibility index (Phi) is 5.06. The number of carboxylic acids is 1. The molecule has 5 heteroatoms. The van der Waals surface area contributed by atoms with Gasteiger partial charge in [-0.1, -0.05) is 6.07 Å². The van der Waals surface area contributed by atoms with E-state index in [1.165, 1.54) is 6.20 Å². The first-order valence-electron chi connectivity index (χ1n) is 5.51. The number of aromatic nitrogens is 1. The van der Waals surface area contributed by atoms with Gasteiger partial charge in [0.15, 0.2) is 5.69 Å². The highest BCUT2D eigenvalue weighted by Gasteiger charge is 2.12. The van der Waals surface area contributed by atoms with Crippen molar-refractivity contribution >= 4 is 5.97 Å². The molecule has 1 aromatic heterocycles. The largest absolute Gasteiger partial charge is 0.477 e. The second kappa shape index (κ2) is 6.32. The number of rotatable bonds is 6. The summed E-state index contributed by atoms with van der Waals surface area (Å²) < 4.78 is 0. The summed E-state index contributed by atoms with van der Waals surface area (Å²) in [6, 6.07) is 3.57. The Morgan fingerprint density at radius 2 is 2.06 bits per heavy atom. The van der Waals surface area contributed by atoms with Crippen LogP contribution in [0.15, 0.2) is 18.3 Å². The molecule has 0 aliphatic carbocycles. The molecular formula is C12H19N3O2. The number of carbonyl (C=O) groups is 1. The van der Waals surface area contributed by atoms with Crippen LogP contribution in [0.2, 0.25) is 0 Å². The second-order valence-electron chi connectivity index (χ2n) is 4.36. The van der Waals surface area contributed by atoms with Gasteiger partial charge in [-0.05, 0) is 32.8 Å². The number of hydrogen-bond acceptors (Lipinski definition) is 4. The van der Waals surface area contributed by atoms with E-state index in [4.69, 9.17) is 5.11 Å². The minimum Gasteiger partial charge on any atom is -0.477 e. The average molecular weight is 237 g/mol. The third-order valence-corrected chi connectivity index (χ3v) is 2.46. The van der Waals surface area contributed by atoms with E-state index in [-0.39, 0.29) is 5.69 Å². The number of nitrogens with zero attached hydrogens (tertiary/aromatic N) is 3. The van der Waals surface area contributed by atoms with Gasteiger partial charge in [0.2, 0.25) is 0 Å². The Morgan fingerprint density at radius 3 is 2.65 bits per heavy atom. The van der Waals surface area contributed by atoms with Crippen molar-refractivity contribution in [1.82, 2.24) is 14.8 Å². The predicted octanol–water partition coefficient (Wildman–Crippen LogP) is 0.773. The molecule has 0 aliphatic heterocycles. The molecule has 0 amide bonds. The molecule has 0 aromatic carbocycles. The Hall–Kier alpha value is -1.46. The monoisotopic (exact) mass is 237 g/mol. The molecule has 0 fully saturated rings. The summed E-state index contributed by atoms with van der Waals surface area (Å²) >= 11 is 0. The van der Waals surface area contributed by atoms with Crippen LogP contribution in [0.4, 0.5) is 0 Å². The Bertz CT molecular complexity index is 380. The van der Waals surface area contributed by atoms with Crippen molar-refractivity contribution in [2.24, 2.45) is 0 Å². The van der Waals surface area contributed by atoms with Crippen molar-refractivity contribution in [3.05, 3.63) is 29.6 Å². The van der Waals surface area contributed by atoms with Gasteiger partial charge in [-0.25, -0.2) is 9.78 Å². The molecule has 0 saturated carbocycles. The van der Waals surface area contributed by atoms with Crippen molar-refractivity contribution in [1.29, 1.82) is 0 Å². The van der Waals surface area contributed by atoms with Crippen molar-refractivity contribution in [3.8, 4) is 0 Å². The quantitative estimate of drug-likeness (QED) is 0.792. The number of aromatic carboxylic acids is 1. The lowest BCUT2D eigenvalue weighted by atomic mass is 10.2. The molecule has 0 aliphatic rings. The molecule has 0 unspecified atom stereocenters. The highest BCUT2D eigenvalue weighted by molar-refractivity contribution is 5.86. The van der Waals surface area contributed by atoms with Crippen LogP contribution in [0.25, 0.3) is 0 Å². The Morgan fingerprint density at radius 1 is 1.35 bits per heavy atom. The molecular weight excluding hydrogens is 218 g/mol. The van der Waals surface area contributed by atoms with Crippen LogP contribution in [0.1, 0.15) is 16.1 Å². The Balaban J connectivity index is 2.64. The SMILES string of the molecule is CN(C)CCN(C)Cc1cccnc1C(=O)O. The highest BCUT2D eigenvalue weighted by atomic mass is 16.4. The van der Waals surface area contributed by atoms with E-state index < -0.39 is 5.97 Å². The second-order valence-corrected chi connectivity index (χ2v) is 4.36. The van der Waals surface area contributed by atoms with Crippen LogP contribution in [-0.2, 0) is 6.54 Å². The molecule has 0 atom stereocenters. The summed E-state index contributed by atoms with van der Waals surface area (Å²) in [6.07, 6.45) is 1.51. The van der Waals surface area contributed by atoms with Gasteiger partial charge in [0.1, 0.15) is 0 Å².